The van der Waals surface area contributed by atoms with E-state index in [9.17, 15) is 9.90 Å². The summed E-state index contributed by atoms with van der Waals surface area (Å²) in [5.74, 6) is -1.39. The minimum absolute atomic E-state index is 0.0825. The van der Waals surface area contributed by atoms with Crippen molar-refractivity contribution in [3.05, 3.63) is 23.8 Å². The van der Waals surface area contributed by atoms with Gasteiger partial charge < -0.3 is 21.1 Å². The molecule has 0 aliphatic carbocycles. The van der Waals surface area contributed by atoms with Crippen LogP contribution in [0.2, 0.25) is 0 Å². The van der Waals surface area contributed by atoms with Crippen LogP contribution < -0.4 is 5.73 Å². The van der Waals surface area contributed by atoms with E-state index in [-0.39, 0.29) is 11.5 Å². The van der Waals surface area contributed by atoms with Crippen LogP contribution in [0.3, 0.4) is 0 Å². The van der Waals surface area contributed by atoms with E-state index in [1.165, 1.54) is 12.1 Å². The van der Waals surface area contributed by atoms with Crippen LogP contribution in [0.1, 0.15) is 19.4 Å². The number of hydrogen-bond donors (Lipinski definition) is 4. The van der Waals surface area contributed by atoms with Crippen molar-refractivity contribution in [2.24, 2.45) is 5.73 Å². The highest BCUT2D eigenvalue weighted by atomic mass is 16.4. The maximum Gasteiger partial charge on any atom is 0.321 e. The zero-order valence-corrected chi connectivity index (χ0v) is 9.14. The number of carbonyl (C=O) groups is 1. The first-order chi connectivity index (χ1) is 7.26. The Morgan fingerprint density at radius 2 is 1.94 bits per heavy atom. The summed E-state index contributed by atoms with van der Waals surface area (Å²) in [6.45, 7) is 3.25. The van der Waals surface area contributed by atoms with E-state index in [2.05, 4.69) is 0 Å². The molecule has 0 aliphatic rings. The Bertz CT molecular complexity index is 414. The van der Waals surface area contributed by atoms with E-state index in [4.69, 9.17) is 15.9 Å². The zero-order chi connectivity index (χ0) is 12.5. The molecule has 5 nitrogen and oxygen atoms in total. The molecule has 0 radical (unpaired) electrons. The van der Waals surface area contributed by atoms with Crippen LogP contribution in [0.15, 0.2) is 18.2 Å². The average molecular weight is 225 g/mol. The van der Waals surface area contributed by atoms with Crippen LogP contribution in [0.4, 0.5) is 0 Å². The van der Waals surface area contributed by atoms with Gasteiger partial charge in [0, 0.05) is 17.0 Å². The highest BCUT2D eigenvalue weighted by Crippen LogP contribution is 2.35. The molecule has 1 rings (SSSR count). The molecule has 5 heteroatoms. The van der Waals surface area contributed by atoms with Crippen molar-refractivity contribution in [2.75, 3.05) is 0 Å². The molecule has 1 unspecified atom stereocenters. The molecular weight excluding hydrogens is 210 g/mol. The largest absolute Gasteiger partial charge is 0.508 e. The number of carboxylic acids is 1. The Kier molecular flexibility index (Phi) is 3.09. The lowest BCUT2D eigenvalue weighted by Crippen LogP contribution is -2.46. The number of aromatic hydroxyl groups is 2. The predicted molar refractivity (Wildman–Crippen MR) is 58.4 cm³/mol. The molecular formula is C11H15NO4. The van der Waals surface area contributed by atoms with Crippen LogP contribution in [0, 0.1) is 0 Å². The molecule has 88 valence electrons. The first-order valence-corrected chi connectivity index (χ1v) is 4.77. The van der Waals surface area contributed by atoms with Gasteiger partial charge in [-0.15, -0.1) is 0 Å². The summed E-state index contributed by atoms with van der Waals surface area (Å²) < 4.78 is 0. The molecule has 0 aromatic heterocycles. The van der Waals surface area contributed by atoms with Gasteiger partial charge in [-0.05, 0) is 6.07 Å². The van der Waals surface area contributed by atoms with Crippen LogP contribution in [-0.2, 0) is 10.2 Å². The first kappa shape index (κ1) is 12.3. The number of phenols is 2. The molecule has 0 saturated heterocycles. The zero-order valence-electron chi connectivity index (χ0n) is 9.14. The molecule has 5 N–H and O–H groups in total. The number of phenolic OH excluding ortho intramolecular Hbond substituents is 2. The third-order valence-electron chi connectivity index (χ3n) is 2.72. The van der Waals surface area contributed by atoms with Gasteiger partial charge in [0.1, 0.15) is 17.5 Å². The normalized spacial score (nSPS) is 13.4. The Morgan fingerprint density at radius 1 is 1.38 bits per heavy atom. The van der Waals surface area contributed by atoms with Gasteiger partial charge >= 0.3 is 5.97 Å². The number of nitrogens with two attached hydrogens (primary N) is 1. The second-order valence-corrected chi connectivity index (χ2v) is 4.24. The van der Waals surface area contributed by atoms with Gasteiger partial charge in [0.15, 0.2) is 0 Å². The molecule has 0 aliphatic heterocycles. The van der Waals surface area contributed by atoms with Gasteiger partial charge in [0.25, 0.3) is 0 Å². The summed E-state index contributed by atoms with van der Waals surface area (Å²) in [5.41, 5.74) is 5.02. The topological polar surface area (TPSA) is 104 Å². The van der Waals surface area contributed by atoms with E-state index < -0.39 is 17.4 Å². The molecule has 0 amide bonds. The molecule has 0 fully saturated rings. The fourth-order valence-corrected chi connectivity index (χ4v) is 1.54. The molecule has 0 spiro atoms. The molecule has 0 heterocycles. The maximum absolute atomic E-state index is 10.8. The molecule has 0 bridgehead atoms. The van der Waals surface area contributed by atoms with Gasteiger partial charge in [-0.3, -0.25) is 4.79 Å². The van der Waals surface area contributed by atoms with Gasteiger partial charge in [0.05, 0.1) is 0 Å². The van der Waals surface area contributed by atoms with Crippen LogP contribution in [-0.4, -0.2) is 27.3 Å². The first-order valence-electron chi connectivity index (χ1n) is 4.77. The average Bonchev–Trinajstić information content (AvgIpc) is 2.15. The summed E-state index contributed by atoms with van der Waals surface area (Å²) in [6.07, 6.45) is 0. The number of hydrogen-bond acceptors (Lipinski definition) is 4. The van der Waals surface area contributed by atoms with E-state index in [1.54, 1.807) is 13.8 Å². The second-order valence-electron chi connectivity index (χ2n) is 4.24. The van der Waals surface area contributed by atoms with E-state index in [0.29, 0.717) is 5.56 Å². The van der Waals surface area contributed by atoms with Crippen LogP contribution in [0.25, 0.3) is 0 Å². The number of benzene rings is 1. The van der Waals surface area contributed by atoms with Gasteiger partial charge in [-0.2, -0.15) is 0 Å². The van der Waals surface area contributed by atoms with E-state index in [0.717, 1.165) is 6.07 Å². The lowest BCUT2D eigenvalue weighted by atomic mass is 9.77. The standard InChI is InChI=1S/C11H15NO4/c1-11(2,9(12)10(15)16)7-4-3-6(13)5-8(7)14/h3-5,9,13-14H,12H2,1-2H3,(H,15,16). The summed E-state index contributed by atoms with van der Waals surface area (Å²) in [5, 5.41) is 27.7. The number of carboxylic acid groups (broad SMARTS) is 1. The van der Waals surface area contributed by atoms with Crippen molar-refractivity contribution in [1.29, 1.82) is 0 Å². The fraction of sp³-hybridized carbons (Fsp3) is 0.364. The lowest BCUT2D eigenvalue weighted by molar-refractivity contribution is -0.140. The third-order valence-corrected chi connectivity index (χ3v) is 2.72. The molecule has 1 aromatic rings. The molecule has 16 heavy (non-hydrogen) atoms. The van der Waals surface area contributed by atoms with E-state index >= 15 is 0 Å². The summed E-state index contributed by atoms with van der Waals surface area (Å²) >= 11 is 0. The minimum Gasteiger partial charge on any atom is -0.508 e. The highest BCUT2D eigenvalue weighted by Gasteiger charge is 2.35. The Labute approximate surface area is 93.1 Å². The fourth-order valence-electron chi connectivity index (χ4n) is 1.54. The quantitative estimate of drug-likeness (QED) is 0.608. The Morgan fingerprint density at radius 3 is 2.38 bits per heavy atom. The maximum atomic E-state index is 10.8. The van der Waals surface area contributed by atoms with Crippen molar-refractivity contribution >= 4 is 5.97 Å². The van der Waals surface area contributed by atoms with Crippen LogP contribution in [0.5, 0.6) is 11.5 Å². The summed E-state index contributed by atoms with van der Waals surface area (Å²) in [6, 6.07) is 2.87. The SMILES string of the molecule is CC(C)(c1ccc(O)cc1O)C(N)C(=O)O. The lowest BCUT2D eigenvalue weighted by Gasteiger charge is -2.29. The molecule has 0 saturated carbocycles. The second kappa shape index (κ2) is 4.02. The highest BCUT2D eigenvalue weighted by molar-refractivity contribution is 5.76. The smallest absolute Gasteiger partial charge is 0.321 e. The number of aliphatic carboxylic acids is 1. The van der Waals surface area contributed by atoms with E-state index in [1.807, 2.05) is 0 Å². The van der Waals surface area contributed by atoms with Crippen molar-refractivity contribution in [2.45, 2.75) is 25.3 Å². The van der Waals surface area contributed by atoms with Crippen molar-refractivity contribution in [3.8, 4) is 11.5 Å². The Balaban J connectivity index is 3.21. The predicted octanol–water partition coefficient (Wildman–Crippen LogP) is 0.787. The van der Waals surface area contributed by atoms with Crippen molar-refractivity contribution in [1.82, 2.24) is 0 Å². The van der Waals surface area contributed by atoms with Gasteiger partial charge in [0.2, 0.25) is 0 Å². The van der Waals surface area contributed by atoms with Gasteiger partial charge in [-0.25, -0.2) is 0 Å². The number of rotatable bonds is 3. The van der Waals surface area contributed by atoms with Crippen LogP contribution >= 0.6 is 0 Å². The van der Waals surface area contributed by atoms with Crippen molar-refractivity contribution < 1.29 is 20.1 Å². The van der Waals surface area contributed by atoms with Crippen molar-refractivity contribution in [3.63, 3.8) is 0 Å². The third kappa shape index (κ3) is 2.09. The summed E-state index contributed by atoms with van der Waals surface area (Å²) in [4.78, 5) is 10.8. The molecule has 1 atom stereocenters. The monoisotopic (exact) mass is 225 g/mol. The minimum atomic E-state index is -1.14. The summed E-state index contributed by atoms with van der Waals surface area (Å²) in [7, 11) is 0. The van der Waals surface area contributed by atoms with Gasteiger partial charge in [-0.1, -0.05) is 19.9 Å². The Hall–Kier alpha value is -1.75. The molecule has 1 aromatic carbocycles.